The van der Waals surface area contributed by atoms with E-state index in [4.69, 9.17) is 4.74 Å². The lowest BCUT2D eigenvalue weighted by molar-refractivity contribution is -0.145. The summed E-state index contributed by atoms with van der Waals surface area (Å²) in [6.07, 6.45) is 0.155. The Hall–Kier alpha value is -1.95. The molecule has 0 heterocycles. The average molecular weight is 283 g/mol. The third-order valence-corrected chi connectivity index (χ3v) is 2.59. The van der Waals surface area contributed by atoms with E-state index in [-0.39, 0.29) is 13.0 Å². The van der Waals surface area contributed by atoms with Gasteiger partial charge < -0.3 is 14.8 Å². The minimum absolute atomic E-state index is 0.132. The van der Waals surface area contributed by atoms with Crippen molar-refractivity contribution in [3.8, 4) is 0 Å². The van der Waals surface area contributed by atoms with Gasteiger partial charge in [-0.15, -0.1) is 0 Å². The quantitative estimate of drug-likeness (QED) is 0.760. The Morgan fingerprint density at radius 1 is 1.40 bits per heavy atom. The molecule has 1 N–H and O–H groups in total. The van der Waals surface area contributed by atoms with Crippen LogP contribution in [0.1, 0.15) is 12.5 Å². The van der Waals surface area contributed by atoms with Crippen LogP contribution in [0.4, 0.5) is 4.39 Å². The molecule has 0 radical (unpaired) electrons. The van der Waals surface area contributed by atoms with Crippen LogP contribution in [0.15, 0.2) is 24.3 Å². The molecule has 6 heteroatoms. The van der Waals surface area contributed by atoms with Crippen molar-refractivity contribution in [3.05, 3.63) is 35.6 Å². The van der Waals surface area contributed by atoms with Gasteiger partial charge in [0.2, 0.25) is 5.91 Å². The molecule has 20 heavy (non-hydrogen) atoms. The molecule has 1 amide bonds. The summed E-state index contributed by atoms with van der Waals surface area (Å²) >= 11 is 0. The van der Waals surface area contributed by atoms with Gasteiger partial charge in [0.25, 0.3) is 0 Å². The van der Waals surface area contributed by atoms with Gasteiger partial charge in [-0.1, -0.05) is 12.1 Å². The number of nitrogens with one attached hydrogen (secondary N) is 1. The van der Waals surface area contributed by atoms with Gasteiger partial charge in [0, 0.05) is 13.0 Å². The van der Waals surface area contributed by atoms with E-state index in [1.54, 1.807) is 19.1 Å². The number of amides is 1. The standard InChI is InChI=1S/C14H18FNO4/c1-3-20-9-13(17)16-12(14(18)19-2)8-10-5-4-6-11(15)7-10/h4-7,12H,3,8-9H2,1-2H3,(H,16,17)/t12-/m0/s1. The highest BCUT2D eigenvalue weighted by atomic mass is 19.1. The maximum atomic E-state index is 13.1. The van der Waals surface area contributed by atoms with E-state index < -0.39 is 23.7 Å². The van der Waals surface area contributed by atoms with E-state index in [1.165, 1.54) is 19.2 Å². The van der Waals surface area contributed by atoms with Crippen molar-refractivity contribution in [2.24, 2.45) is 0 Å². The largest absolute Gasteiger partial charge is 0.467 e. The van der Waals surface area contributed by atoms with Crippen molar-refractivity contribution in [1.29, 1.82) is 0 Å². The molecule has 5 nitrogen and oxygen atoms in total. The Morgan fingerprint density at radius 3 is 2.75 bits per heavy atom. The summed E-state index contributed by atoms with van der Waals surface area (Å²) in [5, 5.41) is 2.51. The van der Waals surface area contributed by atoms with E-state index in [0.717, 1.165) is 0 Å². The summed E-state index contributed by atoms with van der Waals surface area (Å²) in [5.74, 6) is -1.40. The third kappa shape index (κ3) is 5.36. The molecule has 0 aromatic heterocycles. The molecule has 0 spiro atoms. The first kappa shape index (κ1) is 16.1. The summed E-state index contributed by atoms with van der Waals surface area (Å²) in [5.41, 5.74) is 0.595. The van der Waals surface area contributed by atoms with Crippen LogP contribution in [0, 0.1) is 5.82 Å². The van der Waals surface area contributed by atoms with Crippen LogP contribution in [-0.4, -0.2) is 38.2 Å². The van der Waals surface area contributed by atoms with Gasteiger partial charge in [-0.3, -0.25) is 4.79 Å². The molecule has 0 bridgehead atoms. The number of benzene rings is 1. The normalized spacial score (nSPS) is 11.8. The van der Waals surface area contributed by atoms with Crippen LogP contribution < -0.4 is 5.32 Å². The van der Waals surface area contributed by atoms with Gasteiger partial charge in [-0.2, -0.15) is 0 Å². The van der Waals surface area contributed by atoms with Crippen molar-refractivity contribution in [2.75, 3.05) is 20.3 Å². The van der Waals surface area contributed by atoms with Gasteiger partial charge in [-0.25, -0.2) is 9.18 Å². The van der Waals surface area contributed by atoms with E-state index in [0.29, 0.717) is 12.2 Å². The fourth-order valence-corrected chi connectivity index (χ4v) is 1.67. The maximum absolute atomic E-state index is 13.1. The highest BCUT2D eigenvalue weighted by Crippen LogP contribution is 2.07. The fraction of sp³-hybridized carbons (Fsp3) is 0.429. The Labute approximate surface area is 117 Å². The van der Waals surface area contributed by atoms with Crippen molar-refractivity contribution in [1.82, 2.24) is 5.32 Å². The number of halogens is 1. The highest BCUT2D eigenvalue weighted by molar-refractivity contribution is 5.85. The first-order valence-electron chi connectivity index (χ1n) is 6.26. The first-order valence-corrected chi connectivity index (χ1v) is 6.26. The summed E-state index contributed by atoms with van der Waals surface area (Å²) in [6, 6.07) is 4.97. The van der Waals surface area contributed by atoms with Crippen LogP contribution in [0.25, 0.3) is 0 Å². The molecule has 0 fully saturated rings. The monoisotopic (exact) mass is 283 g/mol. The molecule has 1 rings (SSSR count). The maximum Gasteiger partial charge on any atom is 0.328 e. The minimum atomic E-state index is -0.866. The molecule has 0 aliphatic rings. The van der Waals surface area contributed by atoms with Gasteiger partial charge in [-0.05, 0) is 24.6 Å². The van der Waals surface area contributed by atoms with Crippen molar-refractivity contribution in [3.63, 3.8) is 0 Å². The molecule has 0 aliphatic carbocycles. The Morgan fingerprint density at radius 2 is 2.15 bits per heavy atom. The highest BCUT2D eigenvalue weighted by Gasteiger charge is 2.22. The molecular formula is C14H18FNO4. The Bertz CT molecular complexity index is 464. The number of rotatable bonds is 7. The minimum Gasteiger partial charge on any atom is -0.467 e. The second kappa shape index (κ2) is 8.27. The van der Waals surface area contributed by atoms with E-state index in [1.807, 2.05) is 0 Å². The summed E-state index contributed by atoms with van der Waals surface area (Å²) in [4.78, 5) is 23.2. The van der Waals surface area contributed by atoms with Gasteiger partial charge in [0.05, 0.1) is 7.11 Å². The van der Waals surface area contributed by atoms with Crippen molar-refractivity contribution in [2.45, 2.75) is 19.4 Å². The van der Waals surface area contributed by atoms with Gasteiger partial charge >= 0.3 is 5.97 Å². The summed E-state index contributed by atoms with van der Waals surface area (Å²) in [6.45, 7) is 2.03. The van der Waals surface area contributed by atoms with Crippen LogP contribution in [0.5, 0.6) is 0 Å². The molecule has 1 atom stereocenters. The first-order chi connectivity index (χ1) is 9.56. The zero-order valence-electron chi connectivity index (χ0n) is 11.5. The summed E-state index contributed by atoms with van der Waals surface area (Å²) in [7, 11) is 1.23. The lowest BCUT2D eigenvalue weighted by Gasteiger charge is -2.16. The molecule has 1 aromatic carbocycles. The molecule has 0 saturated heterocycles. The van der Waals surface area contributed by atoms with Crippen molar-refractivity contribution < 1.29 is 23.5 Å². The van der Waals surface area contributed by atoms with Crippen LogP contribution in [0.3, 0.4) is 0 Å². The second-order valence-corrected chi connectivity index (χ2v) is 4.11. The predicted octanol–water partition coefficient (Wildman–Crippen LogP) is 1.06. The molecular weight excluding hydrogens is 265 g/mol. The summed E-state index contributed by atoms with van der Waals surface area (Å²) < 4.78 is 22.7. The zero-order valence-corrected chi connectivity index (χ0v) is 11.5. The van der Waals surface area contributed by atoms with Crippen LogP contribution in [-0.2, 0) is 25.5 Å². The predicted molar refractivity (Wildman–Crippen MR) is 70.5 cm³/mol. The fourth-order valence-electron chi connectivity index (χ4n) is 1.67. The number of hydrogen-bond donors (Lipinski definition) is 1. The lowest BCUT2D eigenvalue weighted by Crippen LogP contribution is -2.44. The van der Waals surface area contributed by atoms with Gasteiger partial charge in [0.1, 0.15) is 18.5 Å². The number of carbonyl (C=O) groups excluding carboxylic acids is 2. The molecule has 0 aliphatic heterocycles. The number of carbonyl (C=O) groups is 2. The number of esters is 1. The van der Waals surface area contributed by atoms with Gasteiger partial charge in [0.15, 0.2) is 0 Å². The smallest absolute Gasteiger partial charge is 0.328 e. The van der Waals surface area contributed by atoms with Crippen LogP contribution >= 0.6 is 0 Å². The average Bonchev–Trinajstić information content (AvgIpc) is 2.43. The SMILES string of the molecule is CCOCC(=O)N[C@@H](Cc1cccc(F)c1)C(=O)OC. The van der Waals surface area contributed by atoms with Crippen molar-refractivity contribution >= 4 is 11.9 Å². The third-order valence-electron chi connectivity index (χ3n) is 2.59. The molecule has 0 unspecified atom stereocenters. The van der Waals surface area contributed by atoms with E-state index >= 15 is 0 Å². The Balaban J connectivity index is 2.69. The topological polar surface area (TPSA) is 64.6 Å². The molecule has 0 saturated carbocycles. The molecule has 110 valence electrons. The number of methoxy groups -OCH3 is 1. The van der Waals surface area contributed by atoms with E-state index in [9.17, 15) is 14.0 Å². The zero-order chi connectivity index (χ0) is 15.0. The Kier molecular flexibility index (Phi) is 6.66. The lowest BCUT2D eigenvalue weighted by atomic mass is 10.1. The number of hydrogen-bond acceptors (Lipinski definition) is 4. The van der Waals surface area contributed by atoms with Crippen LogP contribution in [0.2, 0.25) is 0 Å². The molecule has 1 aromatic rings. The number of ether oxygens (including phenoxy) is 2. The second-order valence-electron chi connectivity index (χ2n) is 4.11. The van der Waals surface area contributed by atoms with E-state index in [2.05, 4.69) is 10.1 Å².